The Balaban J connectivity index is 2.94. The molecule has 4 heteroatoms. The molecule has 1 N–H and O–H groups in total. The Morgan fingerprint density at radius 2 is 1.61 bits per heavy atom. The lowest BCUT2D eigenvalue weighted by atomic mass is 9.94. The molecule has 0 fully saturated rings. The second-order valence-electron chi connectivity index (χ2n) is 4.51. The van der Waals surface area contributed by atoms with E-state index < -0.39 is 17.7 Å². The molecule has 1 atom stereocenters. The van der Waals surface area contributed by atoms with Crippen LogP contribution < -0.4 is 0 Å². The van der Waals surface area contributed by atoms with E-state index >= 15 is 0 Å². The van der Waals surface area contributed by atoms with Crippen molar-refractivity contribution in [2.75, 3.05) is 0 Å². The Kier molecular flexibility index (Phi) is 4.37. The van der Waals surface area contributed by atoms with Crippen LogP contribution in [0.3, 0.4) is 0 Å². The molecule has 0 spiro atoms. The predicted molar refractivity (Wildman–Crippen MR) is 66.7 cm³/mol. The number of hydrogen-bond acceptors (Lipinski definition) is 3. The SMILES string of the molecule is CC(=O)C(CC(=O)c1cc(C)cc(C)c1)C(=O)O. The molecule has 0 saturated carbocycles. The van der Waals surface area contributed by atoms with Gasteiger partial charge in [0, 0.05) is 12.0 Å². The number of Topliss-reactive ketones (excluding diaryl/α,β-unsaturated/α-hetero) is 2. The predicted octanol–water partition coefficient (Wildman–Crippen LogP) is 2.17. The first-order valence-corrected chi connectivity index (χ1v) is 5.66. The van der Waals surface area contributed by atoms with Crippen molar-refractivity contribution in [1.29, 1.82) is 0 Å². The molecule has 1 aromatic rings. The summed E-state index contributed by atoms with van der Waals surface area (Å²) in [4.78, 5) is 34.0. The van der Waals surface area contributed by atoms with E-state index in [0.29, 0.717) is 5.56 Å². The maximum Gasteiger partial charge on any atom is 0.314 e. The molecule has 1 aromatic carbocycles. The van der Waals surface area contributed by atoms with E-state index in [4.69, 9.17) is 5.11 Å². The summed E-state index contributed by atoms with van der Waals surface area (Å²) in [7, 11) is 0. The monoisotopic (exact) mass is 248 g/mol. The van der Waals surface area contributed by atoms with E-state index in [1.54, 1.807) is 12.1 Å². The summed E-state index contributed by atoms with van der Waals surface area (Å²) in [5.74, 6) is -3.32. The minimum atomic E-state index is -1.25. The standard InChI is InChI=1S/C14H16O4/c1-8-4-9(2)6-11(5-8)13(16)7-12(10(3)15)14(17)18/h4-6,12H,7H2,1-3H3,(H,17,18). The number of rotatable bonds is 5. The van der Waals surface area contributed by atoms with Crippen molar-refractivity contribution in [2.24, 2.45) is 5.92 Å². The van der Waals surface area contributed by atoms with Gasteiger partial charge in [0.1, 0.15) is 11.7 Å². The van der Waals surface area contributed by atoms with Crippen LogP contribution in [0.2, 0.25) is 0 Å². The Morgan fingerprint density at radius 1 is 1.11 bits per heavy atom. The molecule has 1 rings (SSSR count). The first-order valence-electron chi connectivity index (χ1n) is 5.66. The zero-order valence-electron chi connectivity index (χ0n) is 10.7. The quantitative estimate of drug-likeness (QED) is 0.640. The highest BCUT2D eigenvalue weighted by molar-refractivity contribution is 6.05. The van der Waals surface area contributed by atoms with Crippen LogP contribution in [0.25, 0.3) is 0 Å². The van der Waals surface area contributed by atoms with Crippen LogP contribution in [-0.2, 0) is 9.59 Å². The summed E-state index contributed by atoms with van der Waals surface area (Å²) in [5, 5.41) is 8.88. The molecule has 1 unspecified atom stereocenters. The number of carboxylic acids is 1. The Labute approximate surface area is 106 Å². The molecule has 0 aromatic heterocycles. The molecule has 0 aliphatic rings. The summed E-state index contributed by atoms with van der Waals surface area (Å²) < 4.78 is 0. The number of carboxylic acid groups (broad SMARTS) is 1. The van der Waals surface area contributed by atoms with Crippen molar-refractivity contribution < 1.29 is 19.5 Å². The zero-order valence-corrected chi connectivity index (χ0v) is 10.7. The second-order valence-corrected chi connectivity index (χ2v) is 4.51. The topological polar surface area (TPSA) is 71.4 Å². The number of ketones is 2. The van der Waals surface area contributed by atoms with Crippen LogP contribution in [0.5, 0.6) is 0 Å². The second kappa shape index (κ2) is 5.58. The molecule has 0 heterocycles. The molecular formula is C14H16O4. The van der Waals surface area contributed by atoms with E-state index in [2.05, 4.69) is 0 Å². The molecule has 0 saturated heterocycles. The van der Waals surface area contributed by atoms with E-state index in [1.807, 2.05) is 19.9 Å². The Bertz CT molecular complexity index is 468. The normalized spacial score (nSPS) is 11.9. The van der Waals surface area contributed by atoms with Gasteiger partial charge in [-0.05, 0) is 32.9 Å². The first kappa shape index (κ1) is 14.1. The van der Waals surface area contributed by atoms with Gasteiger partial charge in [-0.2, -0.15) is 0 Å². The molecule has 0 amide bonds. The lowest BCUT2D eigenvalue weighted by Crippen LogP contribution is -2.24. The fourth-order valence-electron chi connectivity index (χ4n) is 1.84. The van der Waals surface area contributed by atoms with E-state index in [1.165, 1.54) is 6.92 Å². The van der Waals surface area contributed by atoms with E-state index in [-0.39, 0.29) is 12.2 Å². The molecule has 18 heavy (non-hydrogen) atoms. The fraction of sp³-hybridized carbons (Fsp3) is 0.357. The third-order valence-corrected chi connectivity index (χ3v) is 2.72. The van der Waals surface area contributed by atoms with Crippen molar-refractivity contribution in [3.63, 3.8) is 0 Å². The minimum absolute atomic E-state index is 0.284. The van der Waals surface area contributed by atoms with Gasteiger partial charge in [0.15, 0.2) is 5.78 Å². The molecule has 0 radical (unpaired) electrons. The molecule has 0 aliphatic heterocycles. The number of carbonyl (C=O) groups is 3. The number of benzene rings is 1. The van der Waals surface area contributed by atoms with Crippen molar-refractivity contribution >= 4 is 17.5 Å². The summed E-state index contributed by atoms with van der Waals surface area (Å²) in [6, 6.07) is 5.33. The molecule has 0 aliphatic carbocycles. The summed E-state index contributed by atoms with van der Waals surface area (Å²) in [6.07, 6.45) is -0.284. The molecule has 4 nitrogen and oxygen atoms in total. The van der Waals surface area contributed by atoms with Gasteiger partial charge in [-0.15, -0.1) is 0 Å². The minimum Gasteiger partial charge on any atom is -0.481 e. The summed E-state index contributed by atoms with van der Waals surface area (Å²) >= 11 is 0. The lowest BCUT2D eigenvalue weighted by molar-refractivity contribution is -0.145. The highest BCUT2D eigenvalue weighted by atomic mass is 16.4. The van der Waals surface area contributed by atoms with Crippen molar-refractivity contribution in [1.82, 2.24) is 0 Å². The van der Waals surface area contributed by atoms with Crippen LogP contribution in [0.4, 0.5) is 0 Å². The molecule has 0 bridgehead atoms. The highest BCUT2D eigenvalue weighted by Gasteiger charge is 2.26. The fourth-order valence-corrected chi connectivity index (χ4v) is 1.84. The van der Waals surface area contributed by atoms with Gasteiger partial charge in [-0.3, -0.25) is 14.4 Å². The third-order valence-electron chi connectivity index (χ3n) is 2.72. The van der Waals surface area contributed by atoms with Crippen LogP contribution in [-0.4, -0.2) is 22.6 Å². The van der Waals surface area contributed by atoms with E-state index in [9.17, 15) is 14.4 Å². The zero-order chi connectivity index (χ0) is 13.9. The van der Waals surface area contributed by atoms with Gasteiger partial charge in [-0.1, -0.05) is 17.2 Å². The van der Waals surface area contributed by atoms with Gasteiger partial charge in [-0.25, -0.2) is 0 Å². The van der Waals surface area contributed by atoms with Gasteiger partial charge in [0.25, 0.3) is 0 Å². The largest absolute Gasteiger partial charge is 0.481 e. The van der Waals surface area contributed by atoms with Crippen LogP contribution in [0.15, 0.2) is 18.2 Å². The Hall–Kier alpha value is -1.97. The van der Waals surface area contributed by atoms with Crippen LogP contribution in [0.1, 0.15) is 34.8 Å². The molecular weight excluding hydrogens is 232 g/mol. The van der Waals surface area contributed by atoms with Gasteiger partial charge in [0.2, 0.25) is 0 Å². The summed E-state index contributed by atoms with van der Waals surface area (Å²) in [5.41, 5.74) is 2.33. The number of hydrogen-bond donors (Lipinski definition) is 1. The Morgan fingerprint density at radius 3 is 2.00 bits per heavy atom. The van der Waals surface area contributed by atoms with Crippen molar-refractivity contribution in [2.45, 2.75) is 27.2 Å². The highest BCUT2D eigenvalue weighted by Crippen LogP contribution is 2.15. The van der Waals surface area contributed by atoms with Crippen LogP contribution >= 0.6 is 0 Å². The first-order chi connectivity index (χ1) is 8.31. The smallest absolute Gasteiger partial charge is 0.314 e. The number of carbonyl (C=O) groups excluding carboxylic acids is 2. The number of aliphatic carboxylic acids is 1. The third kappa shape index (κ3) is 3.52. The average molecular weight is 248 g/mol. The lowest BCUT2D eigenvalue weighted by Gasteiger charge is -2.09. The van der Waals surface area contributed by atoms with Gasteiger partial charge >= 0.3 is 5.97 Å². The van der Waals surface area contributed by atoms with E-state index in [0.717, 1.165) is 11.1 Å². The van der Waals surface area contributed by atoms with Crippen molar-refractivity contribution in [3.05, 3.63) is 34.9 Å². The van der Waals surface area contributed by atoms with Gasteiger partial charge < -0.3 is 5.11 Å². The maximum absolute atomic E-state index is 12.0. The van der Waals surface area contributed by atoms with Crippen molar-refractivity contribution in [3.8, 4) is 0 Å². The van der Waals surface area contributed by atoms with Gasteiger partial charge in [0.05, 0.1) is 0 Å². The average Bonchev–Trinajstić information content (AvgIpc) is 2.23. The van der Waals surface area contributed by atoms with Crippen LogP contribution in [0, 0.1) is 19.8 Å². The molecule has 96 valence electrons. The maximum atomic E-state index is 12.0. The summed E-state index contributed by atoms with van der Waals surface area (Å²) in [6.45, 7) is 4.92. The number of aryl methyl sites for hydroxylation is 2.